The highest BCUT2D eigenvalue weighted by molar-refractivity contribution is 6.32. The topological polar surface area (TPSA) is 84.5 Å². The Morgan fingerprint density at radius 3 is 2.10 bits per heavy atom. The van der Waals surface area contributed by atoms with E-state index in [1.807, 2.05) is 27.7 Å². The van der Waals surface area contributed by atoms with Gasteiger partial charge in [0, 0.05) is 30.5 Å². The monoisotopic (exact) mass is 444 g/mol. The summed E-state index contributed by atoms with van der Waals surface area (Å²) in [5, 5.41) is 5.66. The number of ketones is 1. The molecule has 0 fully saturated rings. The summed E-state index contributed by atoms with van der Waals surface area (Å²) in [4.78, 5) is 37.2. The first kappa shape index (κ1) is 24.4. The van der Waals surface area contributed by atoms with E-state index in [0.717, 1.165) is 5.56 Å². The summed E-state index contributed by atoms with van der Waals surface area (Å²) in [5.41, 5.74) is 1.78. The molecule has 0 aliphatic carbocycles. The normalized spacial score (nSPS) is 11.9. The zero-order chi connectivity index (χ0) is 23.1. The van der Waals surface area contributed by atoms with Gasteiger partial charge in [0.2, 0.25) is 5.91 Å². The van der Waals surface area contributed by atoms with Gasteiger partial charge in [0.05, 0.1) is 11.1 Å². The number of carbonyl (C=O) groups excluding carboxylic acids is 3. The molecule has 2 aromatic rings. The minimum atomic E-state index is -0.783. The quantitative estimate of drug-likeness (QED) is 0.571. The second kappa shape index (κ2) is 11.0. The molecular weight excluding hydrogens is 416 g/mol. The molecule has 0 heterocycles. The SMILES string of the molecule is CNC(=O)[C@H](Cc1ccc(C(=O)C(C)C)cc1)NC(=O)c1ccc(OC(C)C)c(Cl)c1. The van der Waals surface area contributed by atoms with Crippen molar-refractivity contribution in [3.8, 4) is 5.75 Å². The molecule has 0 aromatic heterocycles. The molecule has 0 spiro atoms. The van der Waals surface area contributed by atoms with Crippen molar-refractivity contribution in [1.82, 2.24) is 10.6 Å². The van der Waals surface area contributed by atoms with Gasteiger partial charge in [-0.25, -0.2) is 0 Å². The van der Waals surface area contributed by atoms with Crippen molar-refractivity contribution in [2.75, 3.05) is 7.05 Å². The minimum Gasteiger partial charge on any atom is -0.489 e. The molecule has 2 rings (SSSR count). The van der Waals surface area contributed by atoms with E-state index in [9.17, 15) is 14.4 Å². The average Bonchev–Trinajstić information content (AvgIpc) is 2.73. The summed E-state index contributed by atoms with van der Waals surface area (Å²) in [6.45, 7) is 7.47. The first-order chi connectivity index (χ1) is 14.6. The predicted molar refractivity (Wildman–Crippen MR) is 122 cm³/mol. The Morgan fingerprint density at radius 2 is 1.58 bits per heavy atom. The molecule has 0 aliphatic rings. The number of hydrogen-bond donors (Lipinski definition) is 2. The van der Waals surface area contributed by atoms with Crippen LogP contribution in [-0.2, 0) is 11.2 Å². The van der Waals surface area contributed by atoms with Gasteiger partial charge in [0.15, 0.2) is 5.78 Å². The zero-order valence-electron chi connectivity index (χ0n) is 18.5. The molecule has 0 bridgehead atoms. The molecule has 0 radical (unpaired) electrons. The standard InChI is InChI=1S/C24H29ClN2O4/c1-14(2)22(28)17-8-6-16(7-9-17)12-20(24(30)26-5)27-23(29)18-10-11-21(19(25)13-18)31-15(3)4/h6-11,13-15,20H,12H2,1-5H3,(H,26,30)(H,27,29)/t20-/m0/s1. The summed E-state index contributed by atoms with van der Waals surface area (Å²) in [6.07, 6.45) is 0.237. The van der Waals surface area contributed by atoms with Crippen LogP contribution in [0, 0.1) is 5.92 Å². The van der Waals surface area contributed by atoms with E-state index >= 15 is 0 Å². The number of halogens is 1. The maximum Gasteiger partial charge on any atom is 0.251 e. The molecule has 0 aliphatic heterocycles. The Balaban J connectivity index is 2.14. The predicted octanol–water partition coefficient (Wildman–Crippen LogP) is 4.05. The molecule has 0 saturated carbocycles. The highest BCUT2D eigenvalue weighted by atomic mass is 35.5. The van der Waals surface area contributed by atoms with Gasteiger partial charge in [-0.3, -0.25) is 14.4 Å². The van der Waals surface area contributed by atoms with E-state index in [1.54, 1.807) is 36.4 Å². The van der Waals surface area contributed by atoms with Crippen LogP contribution < -0.4 is 15.4 Å². The van der Waals surface area contributed by atoms with Crippen molar-refractivity contribution >= 4 is 29.2 Å². The Morgan fingerprint density at radius 1 is 0.968 bits per heavy atom. The number of rotatable bonds is 9. The number of likely N-dealkylation sites (N-methyl/N-ethyl adjacent to an activating group) is 1. The number of Topliss-reactive ketones (excluding diaryl/α,β-unsaturated/α-hetero) is 1. The fourth-order valence-electron chi connectivity index (χ4n) is 2.99. The van der Waals surface area contributed by atoms with Crippen molar-refractivity contribution < 1.29 is 19.1 Å². The molecule has 2 aromatic carbocycles. The lowest BCUT2D eigenvalue weighted by molar-refractivity contribution is -0.122. The van der Waals surface area contributed by atoms with E-state index in [2.05, 4.69) is 10.6 Å². The Hall–Kier alpha value is -2.86. The third-order valence-electron chi connectivity index (χ3n) is 4.63. The van der Waals surface area contributed by atoms with Crippen LogP contribution in [0.3, 0.4) is 0 Å². The van der Waals surface area contributed by atoms with E-state index in [1.165, 1.54) is 13.1 Å². The average molecular weight is 445 g/mol. The third kappa shape index (κ3) is 6.82. The van der Waals surface area contributed by atoms with Gasteiger partial charge >= 0.3 is 0 Å². The molecule has 2 N–H and O–H groups in total. The highest BCUT2D eigenvalue weighted by Gasteiger charge is 2.22. The summed E-state index contributed by atoms with van der Waals surface area (Å²) in [6, 6.07) is 11.1. The van der Waals surface area contributed by atoms with Crippen molar-refractivity contribution in [3.05, 3.63) is 64.2 Å². The van der Waals surface area contributed by atoms with Gasteiger partial charge in [-0.15, -0.1) is 0 Å². The van der Waals surface area contributed by atoms with Gasteiger partial charge in [0.1, 0.15) is 11.8 Å². The Labute approximate surface area is 188 Å². The molecule has 2 amide bonds. The molecule has 166 valence electrons. The molecular formula is C24H29ClN2O4. The van der Waals surface area contributed by atoms with Crippen LogP contribution in [-0.4, -0.2) is 36.8 Å². The lowest BCUT2D eigenvalue weighted by Crippen LogP contribution is -2.47. The fraction of sp³-hybridized carbons (Fsp3) is 0.375. The van der Waals surface area contributed by atoms with Crippen LogP contribution in [0.15, 0.2) is 42.5 Å². The van der Waals surface area contributed by atoms with Gasteiger partial charge in [-0.05, 0) is 37.6 Å². The van der Waals surface area contributed by atoms with Gasteiger partial charge in [-0.1, -0.05) is 49.7 Å². The molecule has 7 heteroatoms. The van der Waals surface area contributed by atoms with Crippen molar-refractivity contribution in [1.29, 1.82) is 0 Å². The van der Waals surface area contributed by atoms with Crippen LogP contribution in [0.1, 0.15) is 54.0 Å². The summed E-state index contributed by atoms with van der Waals surface area (Å²) >= 11 is 6.22. The lowest BCUT2D eigenvalue weighted by Gasteiger charge is -2.18. The molecule has 1 atom stereocenters. The zero-order valence-corrected chi connectivity index (χ0v) is 19.2. The third-order valence-corrected chi connectivity index (χ3v) is 4.92. The molecule has 0 unspecified atom stereocenters. The van der Waals surface area contributed by atoms with E-state index in [-0.39, 0.29) is 30.1 Å². The second-order valence-corrected chi connectivity index (χ2v) is 8.28. The van der Waals surface area contributed by atoms with Crippen LogP contribution >= 0.6 is 11.6 Å². The summed E-state index contributed by atoms with van der Waals surface area (Å²) in [7, 11) is 1.51. The molecule has 6 nitrogen and oxygen atoms in total. The van der Waals surface area contributed by atoms with Crippen LogP contribution in [0.2, 0.25) is 5.02 Å². The summed E-state index contributed by atoms with van der Waals surface area (Å²) < 4.78 is 5.58. The van der Waals surface area contributed by atoms with Crippen LogP contribution in [0.5, 0.6) is 5.75 Å². The van der Waals surface area contributed by atoms with Gasteiger partial charge < -0.3 is 15.4 Å². The van der Waals surface area contributed by atoms with Gasteiger partial charge in [-0.2, -0.15) is 0 Å². The largest absolute Gasteiger partial charge is 0.489 e. The highest BCUT2D eigenvalue weighted by Crippen LogP contribution is 2.26. The number of carbonyl (C=O) groups is 3. The number of nitrogens with one attached hydrogen (secondary N) is 2. The smallest absolute Gasteiger partial charge is 0.251 e. The molecule has 31 heavy (non-hydrogen) atoms. The van der Waals surface area contributed by atoms with Gasteiger partial charge in [0.25, 0.3) is 5.91 Å². The number of benzene rings is 2. The van der Waals surface area contributed by atoms with Crippen LogP contribution in [0.4, 0.5) is 0 Å². The maximum atomic E-state index is 12.7. The van der Waals surface area contributed by atoms with Crippen LogP contribution in [0.25, 0.3) is 0 Å². The summed E-state index contributed by atoms with van der Waals surface area (Å²) in [5.74, 6) is -0.274. The van der Waals surface area contributed by atoms with Crippen molar-refractivity contribution in [3.63, 3.8) is 0 Å². The fourth-order valence-corrected chi connectivity index (χ4v) is 3.22. The number of ether oxygens (including phenoxy) is 1. The Kier molecular flexibility index (Phi) is 8.63. The molecule has 0 saturated heterocycles. The minimum absolute atomic E-state index is 0.0444. The van der Waals surface area contributed by atoms with E-state index in [4.69, 9.17) is 16.3 Å². The number of amides is 2. The van der Waals surface area contributed by atoms with E-state index in [0.29, 0.717) is 21.9 Å². The Bertz CT molecular complexity index is 939. The first-order valence-corrected chi connectivity index (χ1v) is 10.6. The van der Waals surface area contributed by atoms with Crippen molar-refractivity contribution in [2.24, 2.45) is 5.92 Å². The van der Waals surface area contributed by atoms with Crippen molar-refractivity contribution in [2.45, 2.75) is 46.3 Å². The second-order valence-electron chi connectivity index (χ2n) is 7.87. The first-order valence-electron chi connectivity index (χ1n) is 10.2. The van der Waals surface area contributed by atoms with E-state index < -0.39 is 11.9 Å². The lowest BCUT2D eigenvalue weighted by atomic mass is 9.98. The maximum absolute atomic E-state index is 12.7. The number of hydrogen-bond acceptors (Lipinski definition) is 4.